The van der Waals surface area contributed by atoms with E-state index < -0.39 is 0 Å². The maximum atomic E-state index is 6.20. The Hall–Kier alpha value is -0.620. The maximum Gasteiger partial charge on any atom is 0.112 e. The third kappa shape index (κ3) is 5.45. The van der Waals surface area contributed by atoms with E-state index in [4.69, 9.17) is 14.2 Å². The van der Waals surface area contributed by atoms with Gasteiger partial charge < -0.3 is 14.2 Å². The highest BCUT2D eigenvalue weighted by Gasteiger charge is 2.46. The lowest BCUT2D eigenvalue weighted by Crippen LogP contribution is -2.56. The third-order valence-corrected chi connectivity index (χ3v) is 5.57. The molecule has 0 aliphatic carbocycles. The summed E-state index contributed by atoms with van der Waals surface area (Å²) in [4.78, 5) is 4.38. The number of aromatic nitrogens is 1. The first-order valence-corrected chi connectivity index (χ1v) is 9.72. The van der Waals surface area contributed by atoms with Gasteiger partial charge in [-0.3, -0.25) is 0 Å². The van der Waals surface area contributed by atoms with E-state index in [1.807, 2.05) is 24.4 Å². The summed E-state index contributed by atoms with van der Waals surface area (Å²) < 4.78 is 18.2. The number of pyridine rings is 1. The van der Waals surface area contributed by atoms with Crippen molar-refractivity contribution in [3.05, 3.63) is 24.4 Å². The second kappa shape index (κ2) is 9.18. The van der Waals surface area contributed by atoms with Crippen molar-refractivity contribution in [2.45, 2.75) is 75.2 Å². The van der Waals surface area contributed by atoms with Crippen LogP contribution in [-0.2, 0) is 14.2 Å². The molecule has 0 bridgehead atoms. The standard InChI is InChI=1S/C19H31NO3S/c1-14(2)9-8-12-22-18-15(3)23-17(13-19(18,4)21-5)24-16-10-6-7-11-20-16/h6-7,10-11,14-15,17-18H,8-9,12-13H2,1-5H3/t15-,17+,18-,19+/m0/s1. The molecule has 0 amide bonds. The van der Waals surface area contributed by atoms with Crippen LogP contribution >= 0.6 is 11.8 Å². The highest BCUT2D eigenvalue weighted by Crippen LogP contribution is 2.39. The summed E-state index contributed by atoms with van der Waals surface area (Å²) in [7, 11) is 1.77. The molecule has 0 N–H and O–H groups in total. The number of rotatable bonds is 8. The van der Waals surface area contributed by atoms with Crippen molar-refractivity contribution in [1.82, 2.24) is 4.98 Å². The lowest BCUT2D eigenvalue weighted by molar-refractivity contribution is -0.215. The van der Waals surface area contributed by atoms with Crippen LogP contribution in [0.15, 0.2) is 29.4 Å². The normalized spacial score (nSPS) is 30.7. The van der Waals surface area contributed by atoms with Crippen LogP contribution in [0.3, 0.4) is 0 Å². The molecule has 1 aromatic rings. The largest absolute Gasteiger partial charge is 0.376 e. The number of ether oxygens (including phenoxy) is 3. The van der Waals surface area contributed by atoms with Gasteiger partial charge in [0.1, 0.15) is 11.5 Å². The van der Waals surface area contributed by atoms with Gasteiger partial charge in [0.15, 0.2) is 0 Å². The Bertz CT molecular complexity index is 485. The molecule has 2 rings (SSSR count). The molecule has 0 spiro atoms. The Labute approximate surface area is 150 Å². The highest BCUT2D eigenvalue weighted by molar-refractivity contribution is 7.99. The minimum absolute atomic E-state index is 0.0102. The van der Waals surface area contributed by atoms with Gasteiger partial charge in [0, 0.05) is 26.3 Å². The lowest BCUT2D eigenvalue weighted by Gasteiger charge is -2.46. The predicted molar refractivity (Wildman–Crippen MR) is 98.3 cm³/mol. The van der Waals surface area contributed by atoms with Crippen molar-refractivity contribution in [1.29, 1.82) is 0 Å². The van der Waals surface area contributed by atoms with Gasteiger partial charge in [-0.25, -0.2) is 4.98 Å². The Balaban J connectivity index is 1.94. The van der Waals surface area contributed by atoms with Gasteiger partial charge in [-0.2, -0.15) is 0 Å². The quantitative estimate of drug-likeness (QED) is 0.642. The number of hydrogen-bond donors (Lipinski definition) is 0. The zero-order chi connectivity index (χ0) is 17.6. The zero-order valence-corrected chi connectivity index (χ0v) is 16.3. The molecule has 1 saturated heterocycles. The van der Waals surface area contributed by atoms with Crippen molar-refractivity contribution in [2.24, 2.45) is 5.92 Å². The van der Waals surface area contributed by atoms with Gasteiger partial charge in [-0.05, 0) is 44.7 Å². The summed E-state index contributed by atoms with van der Waals surface area (Å²) in [5, 5.41) is 0.976. The van der Waals surface area contributed by atoms with Gasteiger partial charge >= 0.3 is 0 Å². The SMILES string of the molecule is CO[C@]1(C)C[C@@H](Sc2ccccn2)O[C@@H](C)[C@@H]1OCCCC(C)C. The van der Waals surface area contributed by atoms with E-state index >= 15 is 0 Å². The molecule has 136 valence electrons. The third-order valence-electron chi connectivity index (χ3n) is 4.55. The fourth-order valence-corrected chi connectivity index (χ4v) is 4.33. The molecule has 24 heavy (non-hydrogen) atoms. The summed E-state index contributed by atoms with van der Waals surface area (Å²) >= 11 is 1.65. The average Bonchev–Trinajstić information content (AvgIpc) is 2.54. The van der Waals surface area contributed by atoms with Crippen LogP contribution in [0.4, 0.5) is 0 Å². The highest BCUT2D eigenvalue weighted by atomic mass is 32.2. The Morgan fingerprint density at radius 3 is 2.83 bits per heavy atom. The number of thioether (sulfide) groups is 1. The van der Waals surface area contributed by atoms with Crippen LogP contribution < -0.4 is 0 Å². The molecule has 5 heteroatoms. The molecule has 1 aromatic heterocycles. The van der Waals surface area contributed by atoms with Crippen LogP contribution in [-0.4, -0.2) is 41.9 Å². The molecule has 0 aromatic carbocycles. The van der Waals surface area contributed by atoms with Crippen molar-refractivity contribution in [3.8, 4) is 0 Å². The summed E-state index contributed by atoms with van der Waals surface area (Å²) in [5.74, 6) is 0.710. The van der Waals surface area contributed by atoms with Crippen molar-refractivity contribution < 1.29 is 14.2 Å². The maximum absolute atomic E-state index is 6.20. The van der Waals surface area contributed by atoms with E-state index in [1.54, 1.807) is 18.9 Å². The smallest absolute Gasteiger partial charge is 0.112 e. The molecule has 0 saturated carbocycles. The van der Waals surface area contributed by atoms with E-state index in [0.29, 0.717) is 5.92 Å². The predicted octanol–water partition coefficient (Wildman–Crippen LogP) is 4.54. The van der Waals surface area contributed by atoms with Crippen LogP contribution in [0.25, 0.3) is 0 Å². The fourth-order valence-electron chi connectivity index (χ4n) is 3.14. The number of nitrogens with zero attached hydrogens (tertiary/aromatic N) is 1. The molecule has 1 aliphatic heterocycles. The second-order valence-electron chi connectivity index (χ2n) is 7.10. The van der Waals surface area contributed by atoms with Crippen LogP contribution in [0, 0.1) is 5.92 Å². The summed E-state index contributed by atoms with van der Waals surface area (Å²) in [5.41, 5.74) is -0.322. The summed E-state index contributed by atoms with van der Waals surface area (Å²) in [6.45, 7) is 9.45. The van der Waals surface area contributed by atoms with Gasteiger partial charge in [-0.1, -0.05) is 31.7 Å². The lowest BCUT2D eigenvalue weighted by atomic mass is 9.89. The first-order chi connectivity index (χ1) is 11.4. The van der Waals surface area contributed by atoms with Gasteiger partial charge in [0.25, 0.3) is 0 Å². The molecule has 4 nitrogen and oxygen atoms in total. The van der Waals surface area contributed by atoms with E-state index in [-0.39, 0.29) is 23.2 Å². The van der Waals surface area contributed by atoms with Crippen LogP contribution in [0.2, 0.25) is 0 Å². The molecule has 2 heterocycles. The number of methoxy groups -OCH3 is 1. The first kappa shape index (κ1) is 19.7. The first-order valence-electron chi connectivity index (χ1n) is 8.84. The molecule has 0 radical (unpaired) electrons. The molecular weight excluding hydrogens is 322 g/mol. The topological polar surface area (TPSA) is 40.6 Å². The van der Waals surface area contributed by atoms with Crippen molar-refractivity contribution in [3.63, 3.8) is 0 Å². The Morgan fingerprint density at radius 2 is 2.21 bits per heavy atom. The van der Waals surface area contributed by atoms with Crippen molar-refractivity contribution in [2.75, 3.05) is 13.7 Å². The van der Waals surface area contributed by atoms with Crippen LogP contribution in [0.1, 0.15) is 47.0 Å². The van der Waals surface area contributed by atoms with Gasteiger partial charge in [0.05, 0.1) is 16.7 Å². The molecule has 0 unspecified atom stereocenters. The minimum Gasteiger partial charge on any atom is -0.376 e. The fraction of sp³-hybridized carbons (Fsp3) is 0.737. The van der Waals surface area contributed by atoms with E-state index in [1.165, 1.54) is 6.42 Å². The van der Waals surface area contributed by atoms with Crippen molar-refractivity contribution >= 4 is 11.8 Å². The van der Waals surface area contributed by atoms with Gasteiger partial charge in [-0.15, -0.1) is 0 Å². The molecular formula is C19H31NO3S. The van der Waals surface area contributed by atoms with E-state index in [0.717, 1.165) is 24.5 Å². The Morgan fingerprint density at radius 1 is 1.42 bits per heavy atom. The van der Waals surface area contributed by atoms with E-state index in [2.05, 4.69) is 32.7 Å². The number of hydrogen-bond acceptors (Lipinski definition) is 5. The Kier molecular flexibility index (Phi) is 7.54. The summed E-state index contributed by atoms with van der Waals surface area (Å²) in [6, 6.07) is 5.93. The second-order valence-corrected chi connectivity index (χ2v) is 8.28. The average molecular weight is 354 g/mol. The van der Waals surface area contributed by atoms with Crippen LogP contribution in [0.5, 0.6) is 0 Å². The zero-order valence-electron chi connectivity index (χ0n) is 15.5. The van der Waals surface area contributed by atoms with E-state index in [9.17, 15) is 0 Å². The molecule has 1 aliphatic rings. The molecule has 4 atom stereocenters. The minimum atomic E-state index is -0.345. The monoisotopic (exact) mass is 353 g/mol. The summed E-state index contributed by atoms with van der Waals surface area (Å²) in [6.07, 6.45) is 4.80. The van der Waals surface area contributed by atoms with Gasteiger partial charge in [0.2, 0.25) is 0 Å². The molecule has 1 fully saturated rings.